The number of rotatable bonds is 4. The molecular formula is C10H12ClN3O4. The molecule has 1 aromatic rings. The first-order valence-corrected chi connectivity index (χ1v) is 5.21. The summed E-state index contributed by atoms with van der Waals surface area (Å²) >= 11 is 5.67. The first kappa shape index (κ1) is 13.9. The SMILES string of the molecule is NC(N)=NC(CC(=O)O)c1cc(O)c(O)c(Cl)c1. The molecule has 7 N–H and O–H groups in total. The van der Waals surface area contributed by atoms with E-state index >= 15 is 0 Å². The second-order valence-electron chi connectivity index (χ2n) is 3.54. The molecule has 0 saturated carbocycles. The van der Waals surface area contributed by atoms with E-state index in [-0.39, 0.29) is 23.0 Å². The minimum absolute atomic E-state index is 0.119. The van der Waals surface area contributed by atoms with Crippen molar-refractivity contribution in [2.75, 3.05) is 0 Å². The number of carboxylic acids is 1. The van der Waals surface area contributed by atoms with Crippen LogP contribution in [0, 0.1) is 0 Å². The Morgan fingerprint density at radius 3 is 2.44 bits per heavy atom. The first-order chi connectivity index (χ1) is 8.31. The number of guanidine groups is 1. The average Bonchev–Trinajstić information content (AvgIpc) is 2.23. The van der Waals surface area contributed by atoms with E-state index in [1.54, 1.807) is 0 Å². The predicted molar refractivity (Wildman–Crippen MR) is 65.6 cm³/mol. The molecule has 0 saturated heterocycles. The summed E-state index contributed by atoms with van der Waals surface area (Å²) in [7, 11) is 0. The van der Waals surface area contributed by atoms with E-state index in [0.717, 1.165) is 6.07 Å². The quantitative estimate of drug-likeness (QED) is 0.308. The molecule has 0 aliphatic heterocycles. The maximum atomic E-state index is 10.7. The lowest BCUT2D eigenvalue weighted by atomic mass is 10.0. The standard InChI is InChI=1S/C10H12ClN3O4/c11-5-1-4(2-7(15)9(5)18)6(3-8(16)17)14-10(12)13/h1-2,6,15,18H,3H2,(H,16,17)(H4,12,13,14). The Bertz CT molecular complexity index is 477. The van der Waals surface area contributed by atoms with Gasteiger partial charge in [-0.3, -0.25) is 4.79 Å². The van der Waals surface area contributed by atoms with E-state index in [2.05, 4.69) is 4.99 Å². The number of nitrogens with two attached hydrogens (primary N) is 2. The molecule has 0 aliphatic rings. The summed E-state index contributed by atoms with van der Waals surface area (Å²) in [6.45, 7) is 0. The Kier molecular flexibility index (Phi) is 4.22. The van der Waals surface area contributed by atoms with Gasteiger partial charge >= 0.3 is 5.97 Å². The van der Waals surface area contributed by atoms with E-state index in [4.69, 9.17) is 28.2 Å². The molecule has 0 amide bonds. The Hall–Kier alpha value is -2.15. The van der Waals surface area contributed by atoms with E-state index in [0.29, 0.717) is 0 Å². The summed E-state index contributed by atoms with van der Waals surface area (Å²) < 4.78 is 0. The number of hydrogen-bond acceptors (Lipinski definition) is 4. The fourth-order valence-electron chi connectivity index (χ4n) is 1.38. The van der Waals surface area contributed by atoms with Crippen molar-refractivity contribution in [1.29, 1.82) is 0 Å². The van der Waals surface area contributed by atoms with Crippen molar-refractivity contribution in [2.45, 2.75) is 12.5 Å². The molecule has 0 aliphatic carbocycles. The summed E-state index contributed by atoms with van der Waals surface area (Å²) in [6, 6.07) is 1.55. The molecule has 1 unspecified atom stereocenters. The van der Waals surface area contributed by atoms with Crippen molar-refractivity contribution in [1.82, 2.24) is 0 Å². The molecule has 0 radical (unpaired) electrons. The Labute approximate surface area is 107 Å². The molecule has 8 heteroatoms. The lowest BCUT2D eigenvalue weighted by molar-refractivity contribution is -0.137. The molecule has 1 aromatic carbocycles. The lowest BCUT2D eigenvalue weighted by Crippen LogP contribution is -2.24. The van der Waals surface area contributed by atoms with Gasteiger partial charge in [-0.1, -0.05) is 11.6 Å². The number of nitrogens with zero attached hydrogens (tertiary/aromatic N) is 1. The molecular weight excluding hydrogens is 262 g/mol. The van der Waals surface area contributed by atoms with Gasteiger partial charge in [-0.2, -0.15) is 0 Å². The normalized spacial score (nSPS) is 11.8. The third-order valence-corrected chi connectivity index (χ3v) is 2.41. The van der Waals surface area contributed by atoms with Gasteiger partial charge < -0.3 is 26.8 Å². The van der Waals surface area contributed by atoms with Crippen molar-refractivity contribution >= 4 is 23.5 Å². The highest BCUT2D eigenvalue weighted by Gasteiger charge is 2.18. The number of carboxylic acid groups (broad SMARTS) is 1. The minimum Gasteiger partial charge on any atom is -0.504 e. The van der Waals surface area contributed by atoms with Gasteiger partial charge in [0.2, 0.25) is 0 Å². The number of phenols is 2. The maximum Gasteiger partial charge on any atom is 0.305 e. The van der Waals surface area contributed by atoms with Gasteiger partial charge in [0.1, 0.15) is 0 Å². The van der Waals surface area contributed by atoms with Gasteiger partial charge in [-0.05, 0) is 17.7 Å². The van der Waals surface area contributed by atoms with Gasteiger partial charge in [0.25, 0.3) is 0 Å². The number of aromatic hydroxyl groups is 2. The van der Waals surface area contributed by atoms with Crippen LogP contribution in [0.15, 0.2) is 17.1 Å². The van der Waals surface area contributed by atoms with Gasteiger partial charge in [0.15, 0.2) is 17.5 Å². The number of carbonyl (C=O) groups is 1. The van der Waals surface area contributed by atoms with Gasteiger partial charge in [0, 0.05) is 0 Å². The molecule has 1 rings (SSSR count). The predicted octanol–water partition coefficient (Wildman–Crippen LogP) is 0.540. The van der Waals surface area contributed by atoms with Crippen molar-refractivity contribution in [3.05, 3.63) is 22.7 Å². The van der Waals surface area contributed by atoms with E-state index < -0.39 is 23.5 Å². The largest absolute Gasteiger partial charge is 0.504 e. The third-order valence-electron chi connectivity index (χ3n) is 2.12. The molecule has 0 bridgehead atoms. The second kappa shape index (κ2) is 5.46. The lowest BCUT2D eigenvalue weighted by Gasteiger charge is -2.12. The van der Waals surface area contributed by atoms with E-state index in [1.807, 2.05) is 0 Å². The number of benzene rings is 1. The fourth-order valence-corrected chi connectivity index (χ4v) is 1.60. The maximum absolute atomic E-state index is 10.7. The topological polar surface area (TPSA) is 142 Å². The molecule has 1 atom stereocenters. The smallest absolute Gasteiger partial charge is 0.305 e. The molecule has 98 valence electrons. The highest BCUT2D eigenvalue weighted by Crippen LogP contribution is 2.37. The van der Waals surface area contributed by atoms with Crippen LogP contribution in [-0.2, 0) is 4.79 Å². The van der Waals surface area contributed by atoms with E-state index in [1.165, 1.54) is 6.07 Å². The number of aliphatic imine (C=N–C) groups is 1. The summed E-state index contributed by atoms with van der Waals surface area (Å²) in [6.07, 6.45) is -0.377. The number of hydrogen-bond donors (Lipinski definition) is 5. The number of aliphatic carboxylic acids is 1. The monoisotopic (exact) mass is 273 g/mol. The molecule has 0 aromatic heterocycles. The van der Waals surface area contributed by atoms with Crippen molar-refractivity contribution < 1.29 is 20.1 Å². The van der Waals surface area contributed by atoms with Crippen LogP contribution in [0.3, 0.4) is 0 Å². The Morgan fingerprint density at radius 2 is 2.00 bits per heavy atom. The van der Waals surface area contributed by atoms with Crippen molar-refractivity contribution in [3.8, 4) is 11.5 Å². The van der Waals surface area contributed by atoms with Crippen LogP contribution < -0.4 is 11.5 Å². The van der Waals surface area contributed by atoms with Crippen LogP contribution in [0.25, 0.3) is 0 Å². The van der Waals surface area contributed by atoms with Crippen LogP contribution in [0.5, 0.6) is 11.5 Å². The first-order valence-electron chi connectivity index (χ1n) is 4.83. The minimum atomic E-state index is -1.12. The third kappa shape index (κ3) is 3.42. The van der Waals surface area contributed by atoms with Crippen LogP contribution in [0.2, 0.25) is 5.02 Å². The van der Waals surface area contributed by atoms with Gasteiger partial charge in [0.05, 0.1) is 17.5 Å². The summed E-state index contributed by atoms with van der Waals surface area (Å²) in [4.78, 5) is 14.4. The zero-order valence-corrected chi connectivity index (χ0v) is 9.92. The Morgan fingerprint density at radius 1 is 1.39 bits per heavy atom. The molecule has 0 fully saturated rings. The molecule has 0 heterocycles. The average molecular weight is 274 g/mol. The van der Waals surface area contributed by atoms with Crippen molar-refractivity contribution in [2.24, 2.45) is 16.5 Å². The molecule has 7 nitrogen and oxygen atoms in total. The van der Waals surface area contributed by atoms with Crippen LogP contribution in [0.1, 0.15) is 18.0 Å². The summed E-state index contributed by atoms with van der Waals surface area (Å²) in [5.41, 5.74) is 10.7. The van der Waals surface area contributed by atoms with Crippen molar-refractivity contribution in [3.63, 3.8) is 0 Å². The van der Waals surface area contributed by atoms with Crippen LogP contribution in [0.4, 0.5) is 0 Å². The summed E-state index contributed by atoms with van der Waals surface area (Å²) in [5, 5.41) is 27.3. The fraction of sp³-hybridized carbons (Fsp3) is 0.200. The highest BCUT2D eigenvalue weighted by atomic mass is 35.5. The second-order valence-corrected chi connectivity index (χ2v) is 3.95. The highest BCUT2D eigenvalue weighted by molar-refractivity contribution is 6.32. The van der Waals surface area contributed by atoms with Gasteiger partial charge in [-0.15, -0.1) is 0 Å². The Balaban J connectivity index is 3.21. The zero-order valence-electron chi connectivity index (χ0n) is 9.17. The van der Waals surface area contributed by atoms with E-state index in [9.17, 15) is 15.0 Å². The molecule has 0 spiro atoms. The van der Waals surface area contributed by atoms with Gasteiger partial charge in [-0.25, -0.2) is 4.99 Å². The van der Waals surface area contributed by atoms with Crippen LogP contribution >= 0.6 is 11.6 Å². The molecule has 18 heavy (non-hydrogen) atoms. The summed E-state index contributed by atoms with van der Waals surface area (Å²) in [5.74, 6) is -2.36. The number of halogens is 1. The van der Waals surface area contributed by atoms with Crippen LogP contribution in [-0.4, -0.2) is 27.2 Å². The number of phenolic OH excluding ortho intramolecular Hbond substituents is 2. The zero-order chi connectivity index (χ0) is 13.9.